The largest absolute Gasteiger partial charge is 0.493 e. The third kappa shape index (κ3) is 4.75. The molecule has 0 fully saturated rings. The second-order valence-electron chi connectivity index (χ2n) is 6.91. The summed E-state index contributed by atoms with van der Waals surface area (Å²) in [7, 11) is 0. The van der Waals surface area contributed by atoms with E-state index in [2.05, 4.69) is 4.98 Å². The molecular formula is C25H20N2O3S. The van der Waals surface area contributed by atoms with Gasteiger partial charge in [0.05, 0.1) is 17.0 Å². The van der Waals surface area contributed by atoms with Crippen LogP contribution in [0.25, 0.3) is 5.69 Å². The molecule has 0 aliphatic heterocycles. The third-order valence-corrected chi connectivity index (χ3v) is 5.73. The van der Waals surface area contributed by atoms with Crippen LogP contribution in [0.5, 0.6) is 5.88 Å². The molecule has 1 heterocycles. The van der Waals surface area contributed by atoms with Crippen LogP contribution in [0.2, 0.25) is 0 Å². The standard InChI is InChI=1S/C25H20N2O3S/c28-22(19-12-6-2-7-13-19)17-31-25-26-23(29)21(16-18-10-4-1-5-11-18)24(30)27(25)20-14-8-3-9-15-20/h1-15,29H,16-17H2. The maximum atomic E-state index is 13.4. The van der Waals surface area contributed by atoms with Crippen molar-refractivity contribution in [2.75, 3.05) is 5.75 Å². The zero-order chi connectivity index (χ0) is 21.6. The summed E-state index contributed by atoms with van der Waals surface area (Å²) in [5, 5.41) is 10.8. The van der Waals surface area contributed by atoms with E-state index in [1.165, 1.54) is 4.57 Å². The second kappa shape index (κ2) is 9.45. The highest BCUT2D eigenvalue weighted by molar-refractivity contribution is 7.99. The molecule has 4 rings (SSSR count). The molecular weight excluding hydrogens is 408 g/mol. The van der Waals surface area contributed by atoms with E-state index in [4.69, 9.17) is 0 Å². The van der Waals surface area contributed by atoms with Crippen LogP contribution in [-0.2, 0) is 6.42 Å². The van der Waals surface area contributed by atoms with Crippen molar-refractivity contribution < 1.29 is 9.90 Å². The molecule has 0 radical (unpaired) electrons. The summed E-state index contributed by atoms with van der Waals surface area (Å²) in [4.78, 5) is 30.2. The molecule has 1 N–H and O–H groups in total. The first-order valence-corrected chi connectivity index (χ1v) is 10.8. The van der Waals surface area contributed by atoms with E-state index in [-0.39, 0.29) is 40.1 Å². The molecule has 0 unspecified atom stereocenters. The first-order chi connectivity index (χ1) is 15.1. The summed E-state index contributed by atoms with van der Waals surface area (Å²) in [5.41, 5.74) is 1.99. The Kier molecular flexibility index (Phi) is 6.29. The third-order valence-electron chi connectivity index (χ3n) is 4.79. The van der Waals surface area contributed by atoms with Gasteiger partial charge in [-0.3, -0.25) is 14.2 Å². The van der Waals surface area contributed by atoms with E-state index in [9.17, 15) is 14.7 Å². The van der Waals surface area contributed by atoms with E-state index in [0.717, 1.165) is 17.3 Å². The van der Waals surface area contributed by atoms with Gasteiger partial charge in [0.25, 0.3) is 5.56 Å². The molecule has 0 saturated heterocycles. The van der Waals surface area contributed by atoms with Gasteiger partial charge in [-0.05, 0) is 17.7 Å². The first kappa shape index (κ1) is 20.6. The van der Waals surface area contributed by atoms with E-state index in [1.807, 2.05) is 54.6 Å². The normalized spacial score (nSPS) is 10.7. The fourth-order valence-electron chi connectivity index (χ4n) is 3.22. The van der Waals surface area contributed by atoms with Crippen molar-refractivity contribution in [3.63, 3.8) is 0 Å². The number of aromatic nitrogens is 2. The van der Waals surface area contributed by atoms with Gasteiger partial charge in [-0.1, -0.05) is 90.6 Å². The van der Waals surface area contributed by atoms with Crippen LogP contribution in [0.3, 0.4) is 0 Å². The Morgan fingerprint density at radius 3 is 2.10 bits per heavy atom. The van der Waals surface area contributed by atoms with Crippen molar-refractivity contribution in [3.05, 3.63) is 118 Å². The molecule has 31 heavy (non-hydrogen) atoms. The topological polar surface area (TPSA) is 72.2 Å². The summed E-state index contributed by atoms with van der Waals surface area (Å²) >= 11 is 1.13. The van der Waals surface area contributed by atoms with Crippen molar-refractivity contribution in [3.8, 4) is 11.6 Å². The Labute approximate surface area is 184 Å². The van der Waals surface area contributed by atoms with Gasteiger partial charge in [-0.15, -0.1) is 0 Å². The number of hydrogen-bond acceptors (Lipinski definition) is 5. The Hall–Kier alpha value is -3.64. The van der Waals surface area contributed by atoms with Crippen molar-refractivity contribution in [1.82, 2.24) is 9.55 Å². The Morgan fingerprint density at radius 1 is 0.871 bits per heavy atom. The first-order valence-electron chi connectivity index (χ1n) is 9.79. The number of carbonyl (C=O) groups is 1. The van der Waals surface area contributed by atoms with Crippen LogP contribution in [0.1, 0.15) is 21.5 Å². The monoisotopic (exact) mass is 428 g/mol. The van der Waals surface area contributed by atoms with Crippen LogP contribution in [0, 0.1) is 0 Å². The lowest BCUT2D eigenvalue weighted by Crippen LogP contribution is -2.25. The lowest BCUT2D eigenvalue weighted by atomic mass is 10.1. The Balaban J connectivity index is 1.72. The van der Waals surface area contributed by atoms with E-state index in [0.29, 0.717) is 11.3 Å². The van der Waals surface area contributed by atoms with Crippen LogP contribution < -0.4 is 5.56 Å². The lowest BCUT2D eigenvalue weighted by molar-refractivity contribution is 0.102. The highest BCUT2D eigenvalue weighted by atomic mass is 32.2. The minimum Gasteiger partial charge on any atom is -0.493 e. The molecule has 0 amide bonds. The lowest BCUT2D eigenvalue weighted by Gasteiger charge is -2.14. The Morgan fingerprint density at radius 2 is 1.45 bits per heavy atom. The molecule has 6 heteroatoms. The number of para-hydroxylation sites is 1. The van der Waals surface area contributed by atoms with E-state index < -0.39 is 0 Å². The quantitative estimate of drug-likeness (QED) is 0.267. The van der Waals surface area contributed by atoms with Crippen molar-refractivity contribution in [1.29, 1.82) is 0 Å². The maximum absolute atomic E-state index is 13.4. The maximum Gasteiger partial charge on any atom is 0.266 e. The van der Waals surface area contributed by atoms with Gasteiger partial charge in [-0.25, -0.2) is 0 Å². The van der Waals surface area contributed by atoms with E-state index >= 15 is 0 Å². The van der Waals surface area contributed by atoms with Crippen molar-refractivity contribution >= 4 is 17.5 Å². The fraction of sp³-hybridized carbons (Fsp3) is 0.0800. The number of rotatable bonds is 7. The number of thioether (sulfide) groups is 1. The number of ketones is 1. The molecule has 0 spiro atoms. The van der Waals surface area contributed by atoms with Crippen LogP contribution in [0.4, 0.5) is 0 Å². The van der Waals surface area contributed by atoms with Gasteiger partial charge < -0.3 is 5.11 Å². The number of benzene rings is 3. The summed E-state index contributed by atoms with van der Waals surface area (Å²) < 4.78 is 1.46. The molecule has 0 atom stereocenters. The molecule has 0 bridgehead atoms. The smallest absolute Gasteiger partial charge is 0.266 e. The molecule has 1 aromatic heterocycles. The number of nitrogens with zero attached hydrogens (tertiary/aromatic N) is 2. The summed E-state index contributed by atoms with van der Waals surface area (Å²) in [5.74, 6) is -0.288. The average molecular weight is 429 g/mol. The van der Waals surface area contributed by atoms with Crippen LogP contribution >= 0.6 is 11.8 Å². The second-order valence-corrected chi connectivity index (χ2v) is 7.86. The minimum absolute atomic E-state index is 0.0766. The SMILES string of the molecule is O=C(CSc1nc(O)c(Cc2ccccc2)c(=O)n1-c1ccccc1)c1ccccc1. The van der Waals surface area contributed by atoms with Crippen molar-refractivity contribution in [2.45, 2.75) is 11.6 Å². The molecule has 0 aliphatic rings. The van der Waals surface area contributed by atoms with Gasteiger partial charge in [0.15, 0.2) is 10.9 Å². The zero-order valence-corrected chi connectivity index (χ0v) is 17.5. The van der Waals surface area contributed by atoms with Crippen molar-refractivity contribution in [2.24, 2.45) is 0 Å². The number of aromatic hydroxyl groups is 1. The molecule has 4 aromatic rings. The number of Topliss-reactive ketones (excluding diaryl/α,β-unsaturated/α-hetero) is 1. The van der Waals surface area contributed by atoms with Gasteiger partial charge in [0, 0.05) is 12.0 Å². The predicted octanol–water partition coefficient (Wildman–Crippen LogP) is 4.50. The summed E-state index contributed by atoms with van der Waals surface area (Å²) in [6, 6.07) is 27.5. The Bertz CT molecular complexity index is 1240. The van der Waals surface area contributed by atoms with Crippen LogP contribution in [-0.4, -0.2) is 26.2 Å². The van der Waals surface area contributed by atoms with Gasteiger partial charge >= 0.3 is 0 Å². The number of hydrogen-bond donors (Lipinski definition) is 1. The highest BCUT2D eigenvalue weighted by Crippen LogP contribution is 2.24. The fourth-order valence-corrected chi connectivity index (χ4v) is 4.11. The van der Waals surface area contributed by atoms with Gasteiger partial charge in [-0.2, -0.15) is 4.98 Å². The molecule has 5 nitrogen and oxygen atoms in total. The van der Waals surface area contributed by atoms with Gasteiger partial charge in [0.1, 0.15) is 0 Å². The molecule has 0 saturated carbocycles. The molecule has 154 valence electrons. The number of carbonyl (C=O) groups excluding carboxylic acids is 1. The average Bonchev–Trinajstić information content (AvgIpc) is 2.82. The molecule has 3 aromatic carbocycles. The minimum atomic E-state index is -0.350. The summed E-state index contributed by atoms with van der Waals surface area (Å²) in [6.45, 7) is 0. The van der Waals surface area contributed by atoms with Crippen LogP contribution in [0.15, 0.2) is 101 Å². The van der Waals surface area contributed by atoms with E-state index in [1.54, 1.807) is 36.4 Å². The predicted molar refractivity (Wildman–Crippen MR) is 122 cm³/mol. The summed E-state index contributed by atoms with van der Waals surface area (Å²) in [6.07, 6.45) is 0.263. The zero-order valence-electron chi connectivity index (χ0n) is 16.6. The van der Waals surface area contributed by atoms with Gasteiger partial charge in [0.2, 0.25) is 5.88 Å². The highest BCUT2D eigenvalue weighted by Gasteiger charge is 2.19. The molecule has 0 aliphatic carbocycles.